The number of aromatic nitrogens is 6. The number of rotatable bonds is 23. The third kappa shape index (κ3) is 17.5. The Morgan fingerprint density at radius 3 is 1.49 bits per heavy atom. The maximum absolute atomic E-state index is 13.6. The van der Waals surface area contributed by atoms with Gasteiger partial charge in [-0.3, -0.25) is 24.1 Å². The molecule has 0 unspecified atom stereocenters. The van der Waals surface area contributed by atoms with Gasteiger partial charge in [-0.2, -0.15) is 10.2 Å². The number of nitrogens with zero attached hydrogens (tertiary/aromatic N) is 7. The summed E-state index contributed by atoms with van der Waals surface area (Å²) in [5.74, 6) is -1.07. The summed E-state index contributed by atoms with van der Waals surface area (Å²) in [5, 5.41) is 35.4. The molecule has 23 heteroatoms. The van der Waals surface area contributed by atoms with E-state index in [2.05, 4.69) is 120 Å². The lowest BCUT2D eigenvalue weighted by Crippen LogP contribution is -2.48. The molecule has 97 heavy (non-hydrogen) atoms. The number of anilines is 2. The van der Waals surface area contributed by atoms with Gasteiger partial charge in [0.05, 0.1) is 39.6 Å². The van der Waals surface area contributed by atoms with Gasteiger partial charge in [-0.15, -0.1) is 0 Å². The molecule has 9 aromatic rings. The van der Waals surface area contributed by atoms with Gasteiger partial charge in [-0.25, -0.2) is 19.3 Å². The van der Waals surface area contributed by atoms with E-state index in [1.165, 1.54) is 5.56 Å². The fourth-order valence-electron chi connectivity index (χ4n) is 12.7. The van der Waals surface area contributed by atoms with Crippen molar-refractivity contribution in [3.63, 3.8) is 0 Å². The van der Waals surface area contributed by atoms with Crippen molar-refractivity contribution in [3.8, 4) is 11.1 Å². The summed E-state index contributed by atoms with van der Waals surface area (Å²) in [6, 6.07) is 34.4. The van der Waals surface area contributed by atoms with E-state index in [1.54, 1.807) is 54.6 Å². The smallest absolute Gasteiger partial charge is 0.251 e. The maximum atomic E-state index is 13.6. The minimum atomic E-state index is -0.269. The van der Waals surface area contributed by atoms with Crippen molar-refractivity contribution in [2.24, 2.45) is 0 Å². The van der Waals surface area contributed by atoms with E-state index in [1.807, 2.05) is 59.0 Å². The fourth-order valence-corrected chi connectivity index (χ4v) is 13.5. The Morgan fingerprint density at radius 2 is 1.03 bits per heavy atom. The summed E-state index contributed by atoms with van der Waals surface area (Å²) < 4.78 is 15.7. The number of aryl methyl sites for hydroxylation is 4. The van der Waals surface area contributed by atoms with Gasteiger partial charge >= 0.3 is 0 Å². The molecule has 0 aliphatic carbocycles. The number of pyridine rings is 2. The van der Waals surface area contributed by atoms with E-state index >= 15 is 0 Å². The van der Waals surface area contributed by atoms with Crippen LogP contribution >= 0.6 is 39.1 Å². The van der Waals surface area contributed by atoms with Gasteiger partial charge in [-0.1, -0.05) is 79.5 Å². The Bertz CT molecular complexity index is 4280. The number of carbonyl (C=O) groups is 4. The van der Waals surface area contributed by atoms with Crippen molar-refractivity contribution >= 4 is 96.2 Å². The lowest BCUT2D eigenvalue weighted by molar-refractivity contribution is 0.0903. The number of benzene rings is 5. The third-order valence-electron chi connectivity index (χ3n) is 18.0. The van der Waals surface area contributed by atoms with Gasteiger partial charge in [0.15, 0.2) is 11.3 Å². The zero-order valence-corrected chi connectivity index (χ0v) is 58.7. The van der Waals surface area contributed by atoms with Crippen LogP contribution < -0.4 is 37.2 Å². The number of ether oxygens (including phenoxy) is 2. The molecule has 0 bridgehead atoms. The summed E-state index contributed by atoms with van der Waals surface area (Å²) in [6.45, 7) is 19.9. The van der Waals surface area contributed by atoms with Crippen LogP contribution in [0.5, 0.6) is 0 Å². The predicted molar refractivity (Wildman–Crippen MR) is 386 cm³/mol. The van der Waals surface area contributed by atoms with Crippen molar-refractivity contribution in [3.05, 3.63) is 198 Å². The Balaban J connectivity index is 0.000000204. The van der Waals surface area contributed by atoms with Gasteiger partial charge < -0.3 is 46.7 Å². The molecule has 3 aliphatic rings. The predicted octanol–water partition coefficient (Wildman–Crippen LogP) is 12.5. The van der Waals surface area contributed by atoms with E-state index < -0.39 is 0 Å². The SMILES string of the molecule is CCc1nc2c(cnn2CC)c(NC2CCOCC2)c1CNC(=O)c1cccc(C(=O)NCc2ccc(Cl)c(-c3cccc(CN4CCN[C@@H](C)C4)c3)c2)c1.CCc1nc2c(cnn2CC)c(NC2CCOCC2)c1CNC(=O)c1cccc(C(=O)NCc2ccc(Cl)c(Br)c2)c1. The van der Waals surface area contributed by atoms with Gasteiger partial charge in [-0.05, 0) is 164 Å². The minimum absolute atomic E-state index is 0.251. The monoisotopic (exact) mass is 1410 g/mol. The highest BCUT2D eigenvalue weighted by atomic mass is 79.9. The molecular formula is C74H85BrCl2N14O6. The average Bonchev–Trinajstić information content (AvgIpc) is 1.68. The van der Waals surface area contributed by atoms with Crippen molar-refractivity contribution < 1.29 is 28.7 Å². The van der Waals surface area contributed by atoms with Crippen molar-refractivity contribution in [1.82, 2.24) is 61.0 Å². The first kappa shape index (κ1) is 70.1. The van der Waals surface area contributed by atoms with Gasteiger partial charge in [0.25, 0.3) is 23.6 Å². The number of nitrogens with one attached hydrogen (secondary N) is 7. The van der Waals surface area contributed by atoms with E-state index in [-0.39, 0.29) is 48.8 Å². The number of fused-ring (bicyclic) bond motifs is 2. The standard InChI is InChI=1S/C43H51ClN8O3.C31H34BrClN6O3/c1-4-39-36(40(49-34-14-18-55-19-15-34)37-25-48-52(5-2)41(37)50-39)24-47-43(54)33-11-7-10-32(22-33)42(53)46-23-29-12-13-38(44)35(21-29)31-9-6-8-30(20-31)27-51-17-16-45-28(3)26-51;1-3-27-23(28(37-22-10-12-42-13-11-22)24-18-36-39(4-2)29(24)38-27)17-35-31(41)21-7-5-6-20(15-21)30(40)34-16-19-8-9-26(33)25(32)14-19/h6-13,20-22,25,28,34,45H,4-5,14-19,23-24,26-27H2,1-3H3,(H,46,53)(H,47,54)(H,49,50);5-9,14-15,18,22H,3-4,10-13,16-17H2,1-2H3,(H,34,40)(H,35,41)(H,37,38)/t28-;/m0./s1. The molecule has 3 fully saturated rings. The number of piperazine rings is 1. The summed E-state index contributed by atoms with van der Waals surface area (Å²) in [6.07, 6.45) is 8.73. The van der Waals surface area contributed by atoms with Crippen molar-refractivity contribution in [1.29, 1.82) is 0 Å². The molecule has 1 atom stereocenters. The Labute approximate surface area is 584 Å². The molecular weight excluding hydrogens is 1330 g/mol. The zero-order valence-electron chi connectivity index (χ0n) is 55.6. The average molecular weight is 1420 g/mol. The van der Waals surface area contributed by atoms with Crippen LogP contribution in [0.1, 0.15) is 141 Å². The molecule has 4 amide bonds. The minimum Gasteiger partial charge on any atom is -0.381 e. The van der Waals surface area contributed by atoms with Crippen LogP contribution in [0.4, 0.5) is 11.4 Å². The first-order chi connectivity index (χ1) is 47.2. The van der Waals surface area contributed by atoms with Crippen LogP contribution in [0, 0.1) is 0 Å². The van der Waals surface area contributed by atoms with Crippen LogP contribution in [-0.2, 0) is 68.1 Å². The summed E-state index contributed by atoms with van der Waals surface area (Å²) in [4.78, 5) is 65.6. The van der Waals surface area contributed by atoms with E-state index in [0.717, 1.165) is 135 Å². The summed E-state index contributed by atoms with van der Waals surface area (Å²) >= 11 is 16.2. The molecule has 12 rings (SSSR count). The van der Waals surface area contributed by atoms with Crippen LogP contribution in [0.3, 0.4) is 0 Å². The Hall–Kier alpha value is -8.28. The quantitative estimate of drug-likeness (QED) is 0.0316. The van der Waals surface area contributed by atoms with Crippen molar-refractivity contribution in [2.75, 3.05) is 56.7 Å². The number of hydrogen-bond donors (Lipinski definition) is 7. The van der Waals surface area contributed by atoms with Crippen LogP contribution in [0.2, 0.25) is 10.0 Å². The molecule has 4 aromatic heterocycles. The van der Waals surface area contributed by atoms with Gasteiger partial charge in [0.1, 0.15) is 0 Å². The second kappa shape index (κ2) is 33.3. The van der Waals surface area contributed by atoms with E-state index in [4.69, 9.17) is 42.6 Å². The first-order valence-corrected chi connectivity index (χ1v) is 35.2. The largest absolute Gasteiger partial charge is 0.381 e. The van der Waals surface area contributed by atoms with Gasteiger partial charge in [0.2, 0.25) is 0 Å². The Kier molecular flexibility index (Phi) is 24.1. The molecule has 5 aromatic carbocycles. The molecule has 3 aliphatic heterocycles. The van der Waals surface area contributed by atoms with Crippen molar-refractivity contribution in [2.45, 2.75) is 137 Å². The number of halogens is 3. The lowest BCUT2D eigenvalue weighted by atomic mass is 10.0. The number of amides is 4. The molecule has 0 saturated carbocycles. The summed E-state index contributed by atoms with van der Waals surface area (Å²) in [7, 11) is 0. The second-order valence-corrected chi connectivity index (χ2v) is 26.4. The highest BCUT2D eigenvalue weighted by Crippen LogP contribution is 2.35. The number of carbonyl (C=O) groups excluding carboxylic acids is 4. The van der Waals surface area contributed by atoms with Crippen LogP contribution in [-0.4, -0.2) is 122 Å². The Morgan fingerprint density at radius 1 is 0.567 bits per heavy atom. The topological polar surface area (TPSA) is 236 Å². The van der Waals surface area contributed by atoms with Crippen LogP contribution in [0.15, 0.2) is 126 Å². The highest BCUT2D eigenvalue weighted by molar-refractivity contribution is 9.10. The third-order valence-corrected chi connectivity index (χ3v) is 19.5. The van der Waals surface area contributed by atoms with Gasteiger partial charge in [0, 0.05) is 170 Å². The molecule has 20 nitrogen and oxygen atoms in total. The van der Waals surface area contributed by atoms with E-state index in [9.17, 15) is 19.2 Å². The normalized spacial score (nSPS) is 15.4. The fraction of sp³-hybridized carbons (Fsp3) is 0.378. The molecule has 0 radical (unpaired) electrons. The number of hydrogen-bond acceptors (Lipinski definition) is 14. The molecule has 508 valence electrons. The first-order valence-electron chi connectivity index (χ1n) is 33.7. The van der Waals surface area contributed by atoms with Crippen LogP contribution in [0.25, 0.3) is 33.2 Å². The maximum Gasteiger partial charge on any atom is 0.251 e. The molecule has 7 heterocycles. The highest BCUT2D eigenvalue weighted by Gasteiger charge is 2.26. The second-order valence-electron chi connectivity index (χ2n) is 24.7. The molecule has 3 saturated heterocycles. The molecule has 0 spiro atoms. The lowest BCUT2D eigenvalue weighted by Gasteiger charge is -2.31. The van der Waals surface area contributed by atoms with E-state index in [0.29, 0.717) is 104 Å². The summed E-state index contributed by atoms with van der Waals surface area (Å²) in [5.41, 5.74) is 14.0. The zero-order chi connectivity index (χ0) is 68.0. The molecule has 7 N–H and O–H groups in total.